The van der Waals surface area contributed by atoms with Crippen LogP contribution >= 0.6 is 0 Å². The highest BCUT2D eigenvalue weighted by molar-refractivity contribution is 5.80. The summed E-state index contributed by atoms with van der Waals surface area (Å²) >= 11 is 0. The number of amides is 1. The predicted molar refractivity (Wildman–Crippen MR) is 109 cm³/mol. The molecule has 0 saturated heterocycles. The smallest absolute Gasteiger partial charge is 0.263 e. The van der Waals surface area contributed by atoms with Crippen LogP contribution < -0.4 is 9.47 Å². The second-order valence-corrected chi connectivity index (χ2v) is 6.96. The number of likely N-dealkylation sites (N-methyl/N-ethyl adjacent to an activating group) is 1. The summed E-state index contributed by atoms with van der Waals surface area (Å²) in [7, 11) is 3.29. The molecule has 0 saturated carbocycles. The van der Waals surface area contributed by atoms with Crippen LogP contribution in [0.15, 0.2) is 47.0 Å². The second-order valence-electron chi connectivity index (χ2n) is 6.96. The molecule has 7 heteroatoms. The minimum absolute atomic E-state index is 0.172. The molecule has 0 bridgehead atoms. The Bertz CT molecular complexity index is 982. The largest absolute Gasteiger partial charge is 0.497 e. The lowest BCUT2D eigenvalue weighted by Gasteiger charge is -2.21. The zero-order chi connectivity index (χ0) is 21.0. The van der Waals surface area contributed by atoms with Gasteiger partial charge in [-0.15, -0.1) is 0 Å². The molecule has 0 fully saturated rings. The van der Waals surface area contributed by atoms with Gasteiger partial charge in [-0.25, -0.2) is 0 Å². The van der Waals surface area contributed by atoms with Crippen LogP contribution in [0.4, 0.5) is 0 Å². The molecule has 3 rings (SSSR count). The standard InChI is InChI=1S/C22H25N3O4/c1-14-6-11-19(15(2)12-14)28-16(3)22(26)25(4)13-20-23-21(24-29-20)17-7-9-18(27-5)10-8-17/h6-12,16H,13H2,1-5H3. The number of methoxy groups -OCH3 is 1. The molecule has 1 atom stereocenters. The van der Waals surface area contributed by atoms with Gasteiger partial charge in [-0.1, -0.05) is 22.9 Å². The Balaban J connectivity index is 1.62. The summed E-state index contributed by atoms with van der Waals surface area (Å²) in [5.74, 6) is 2.09. The molecule has 0 aliphatic carbocycles. The normalized spacial score (nSPS) is 11.8. The Kier molecular flexibility index (Phi) is 6.16. The molecule has 0 radical (unpaired) electrons. The van der Waals surface area contributed by atoms with Gasteiger partial charge in [-0.2, -0.15) is 4.98 Å². The molecular formula is C22H25N3O4. The maximum atomic E-state index is 12.7. The number of hydrogen-bond donors (Lipinski definition) is 0. The molecule has 7 nitrogen and oxygen atoms in total. The first-order valence-corrected chi connectivity index (χ1v) is 9.33. The van der Waals surface area contributed by atoms with E-state index in [2.05, 4.69) is 10.1 Å². The van der Waals surface area contributed by atoms with Crippen molar-refractivity contribution in [3.8, 4) is 22.9 Å². The Labute approximate surface area is 170 Å². The van der Waals surface area contributed by atoms with E-state index in [1.165, 1.54) is 4.90 Å². The van der Waals surface area contributed by atoms with Gasteiger partial charge in [0.15, 0.2) is 6.10 Å². The number of hydrogen-bond acceptors (Lipinski definition) is 6. The first-order valence-electron chi connectivity index (χ1n) is 9.33. The van der Waals surface area contributed by atoms with E-state index in [1.54, 1.807) is 21.1 Å². The van der Waals surface area contributed by atoms with Crippen LogP contribution in [0.5, 0.6) is 11.5 Å². The van der Waals surface area contributed by atoms with Crippen LogP contribution in [-0.4, -0.2) is 41.2 Å². The molecule has 1 amide bonds. The van der Waals surface area contributed by atoms with Gasteiger partial charge < -0.3 is 18.9 Å². The summed E-state index contributed by atoms with van der Waals surface area (Å²) in [4.78, 5) is 18.6. The number of nitrogens with zero attached hydrogens (tertiary/aromatic N) is 3. The van der Waals surface area contributed by atoms with Gasteiger partial charge in [-0.3, -0.25) is 4.79 Å². The van der Waals surface area contributed by atoms with Crippen molar-refractivity contribution >= 4 is 5.91 Å². The molecule has 0 N–H and O–H groups in total. The first kappa shape index (κ1) is 20.4. The maximum Gasteiger partial charge on any atom is 0.263 e. The fourth-order valence-electron chi connectivity index (χ4n) is 2.94. The van der Waals surface area contributed by atoms with Crippen molar-refractivity contribution in [2.75, 3.05) is 14.2 Å². The van der Waals surface area contributed by atoms with Gasteiger partial charge >= 0.3 is 0 Å². The highest BCUT2D eigenvalue weighted by atomic mass is 16.5. The lowest BCUT2D eigenvalue weighted by Crippen LogP contribution is -2.37. The van der Waals surface area contributed by atoms with Gasteiger partial charge in [-0.05, 0) is 56.7 Å². The Morgan fingerprint density at radius 3 is 2.55 bits per heavy atom. The highest BCUT2D eigenvalue weighted by Gasteiger charge is 2.22. The fraction of sp³-hybridized carbons (Fsp3) is 0.318. The van der Waals surface area contributed by atoms with Gasteiger partial charge in [0.2, 0.25) is 11.7 Å². The van der Waals surface area contributed by atoms with Crippen molar-refractivity contribution in [2.24, 2.45) is 0 Å². The van der Waals surface area contributed by atoms with Gasteiger partial charge in [0.1, 0.15) is 11.5 Å². The summed E-state index contributed by atoms with van der Waals surface area (Å²) < 4.78 is 16.3. The minimum atomic E-state index is -0.634. The van der Waals surface area contributed by atoms with Crippen LogP contribution in [0.1, 0.15) is 23.9 Å². The quantitative estimate of drug-likeness (QED) is 0.606. The molecule has 2 aromatic carbocycles. The number of carbonyl (C=O) groups excluding carboxylic acids is 1. The van der Waals surface area contributed by atoms with Gasteiger partial charge in [0, 0.05) is 12.6 Å². The third-order valence-corrected chi connectivity index (χ3v) is 4.55. The second kappa shape index (κ2) is 8.77. The summed E-state index contributed by atoms with van der Waals surface area (Å²) in [6.45, 7) is 5.91. The van der Waals surface area contributed by atoms with Gasteiger partial charge in [0.25, 0.3) is 5.91 Å². The van der Waals surface area contributed by atoms with E-state index in [-0.39, 0.29) is 12.5 Å². The molecule has 29 heavy (non-hydrogen) atoms. The average molecular weight is 395 g/mol. The van der Waals surface area contributed by atoms with E-state index in [1.807, 2.05) is 56.3 Å². The van der Waals surface area contributed by atoms with E-state index in [9.17, 15) is 4.79 Å². The van der Waals surface area contributed by atoms with Crippen molar-refractivity contribution in [3.05, 3.63) is 59.5 Å². The van der Waals surface area contributed by atoms with Crippen LogP contribution in [0.3, 0.4) is 0 Å². The third-order valence-electron chi connectivity index (χ3n) is 4.55. The van der Waals surface area contributed by atoms with Crippen molar-refractivity contribution in [3.63, 3.8) is 0 Å². The number of benzene rings is 2. The molecule has 1 aromatic heterocycles. The zero-order valence-electron chi connectivity index (χ0n) is 17.3. The van der Waals surface area contributed by atoms with Crippen LogP contribution in [-0.2, 0) is 11.3 Å². The van der Waals surface area contributed by atoms with E-state index in [0.717, 1.165) is 22.4 Å². The third kappa shape index (κ3) is 4.93. The number of carbonyl (C=O) groups is 1. The van der Waals surface area contributed by atoms with Crippen molar-refractivity contribution in [1.82, 2.24) is 15.0 Å². The van der Waals surface area contributed by atoms with Crippen LogP contribution in [0.2, 0.25) is 0 Å². The lowest BCUT2D eigenvalue weighted by molar-refractivity contribution is -0.137. The fourth-order valence-corrected chi connectivity index (χ4v) is 2.94. The summed E-state index contributed by atoms with van der Waals surface area (Å²) in [6, 6.07) is 13.2. The number of aromatic nitrogens is 2. The molecular weight excluding hydrogens is 370 g/mol. The molecule has 0 aliphatic heterocycles. The van der Waals surface area contributed by atoms with E-state index < -0.39 is 6.10 Å². The molecule has 1 heterocycles. The Morgan fingerprint density at radius 2 is 1.90 bits per heavy atom. The molecule has 3 aromatic rings. The first-order chi connectivity index (χ1) is 13.9. The predicted octanol–water partition coefficient (Wildman–Crippen LogP) is 3.79. The van der Waals surface area contributed by atoms with Crippen molar-refractivity contribution in [2.45, 2.75) is 33.4 Å². The summed E-state index contributed by atoms with van der Waals surface area (Å²) in [5.41, 5.74) is 2.95. The SMILES string of the molecule is COc1ccc(-c2noc(CN(C)C(=O)C(C)Oc3ccc(C)cc3C)n2)cc1. The van der Waals surface area contributed by atoms with Crippen LogP contribution in [0.25, 0.3) is 11.4 Å². The van der Waals surface area contributed by atoms with Crippen LogP contribution in [0, 0.1) is 13.8 Å². The molecule has 0 aliphatic rings. The number of ether oxygens (including phenoxy) is 2. The van der Waals surface area contributed by atoms with Gasteiger partial charge in [0.05, 0.1) is 13.7 Å². The van der Waals surface area contributed by atoms with E-state index in [4.69, 9.17) is 14.0 Å². The molecule has 152 valence electrons. The minimum Gasteiger partial charge on any atom is -0.497 e. The maximum absolute atomic E-state index is 12.7. The zero-order valence-corrected chi connectivity index (χ0v) is 17.3. The number of aryl methyl sites for hydroxylation is 2. The van der Waals surface area contributed by atoms with E-state index >= 15 is 0 Å². The highest BCUT2D eigenvalue weighted by Crippen LogP contribution is 2.22. The monoisotopic (exact) mass is 395 g/mol. The topological polar surface area (TPSA) is 77.7 Å². The molecule has 1 unspecified atom stereocenters. The van der Waals surface area contributed by atoms with Crippen molar-refractivity contribution < 1.29 is 18.8 Å². The summed E-state index contributed by atoms with van der Waals surface area (Å²) in [6.07, 6.45) is -0.634. The summed E-state index contributed by atoms with van der Waals surface area (Å²) in [5, 5.41) is 3.99. The lowest BCUT2D eigenvalue weighted by atomic mass is 10.1. The number of rotatable bonds is 7. The van der Waals surface area contributed by atoms with Crippen molar-refractivity contribution in [1.29, 1.82) is 0 Å². The molecule has 0 spiro atoms. The van der Waals surface area contributed by atoms with E-state index in [0.29, 0.717) is 17.5 Å². The average Bonchev–Trinajstić information content (AvgIpc) is 3.17. The Hall–Kier alpha value is -3.35. The Morgan fingerprint density at radius 1 is 1.17 bits per heavy atom.